The van der Waals surface area contributed by atoms with Gasteiger partial charge in [-0.2, -0.15) is 10.1 Å². The Kier molecular flexibility index (Phi) is 3.76. The van der Waals surface area contributed by atoms with Gasteiger partial charge in [-0.15, -0.1) is 0 Å². The number of hydrogen-bond acceptors (Lipinski definition) is 8. The van der Waals surface area contributed by atoms with E-state index in [9.17, 15) is 0 Å². The van der Waals surface area contributed by atoms with Gasteiger partial charge in [-0.05, 0) is 31.5 Å². The van der Waals surface area contributed by atoms with Crippen molar-refractivity contribution < 1.29 is 9.26 Å². The van der Waals surface area contributed by atoms with Crippen molar-refractivity contribution >= 4 is 16.9 Å². The molecule has 0 saturated carbocycles. The molecule has 26 heavy (non-hydrogen) atoms. The minimum Gasteiger partial charge on any atom is -0.487 e. The molecule has 0 aliphatic heterocycles. The van der Waals surface area contributed by atoms with Gasteiger partial charge in [-0.1, -0.05) is 11.2 Å². The maximum atomic E-state index is 5.99. The van der Waals surface area contributed by atoms with E-state index in [-0.39, 0.29) is 6.61 Å². The molecule has 0 saturated heterocycles. The third kappa shape index (κ3) is 2.73. The summed E-state index contributed by atoms with van der Waals surface area (Å²) in [6.45, 7) is 3.98. The quantitative estimate of drug-likeness (QED) is 0.594. The number of nitrogens with two attached hydrogens (primary N) is 1. The van der Waals surface area contributed by atoms with E-state index in [2.05, 4.69) is 25.2 Å². The number of nitrogens with zero attached hydrogens (tertiary/aromatic N) is 6. The Balaban J connectivity index is 1.64. The summed E-state index contributed by atoms with van der Waals surface area (Å²) in [6, 6.07) is 5.72. The van der Waals surface area contributed by atoms with Crippen LogP contribution in [0.4, 0.5) is 5.82 Å². The second kappa shape index (κ2) is 6.10. The van der Waals surface area contributed by atoms with Crippen LogP contribution in [0.15, 0.2) is 29.0 Å². The van der Waals surface area contributed by atoms with Crippen molar-refractivity contribution in [1.29, 1.82) is 0 Å². The largest absolute Gasteiger partial charge is 0.487 e. The average Bonchev–Trinajstić information content (AvgIpc) is 3.19. The lowest BCUT2D eigenvalue weighted by Crippen LogP contribution is -2.01. The molecule has 0 aliphatic carbocycles. The first-order chi connectivity index (χ1) is 12.5. The minimum absolute atomic E-state index is 0.238. The number of ether oxygens (including phenoxy) is 1. The summed E-state index contributed by atoms with van der Waals surface area (Å²) in [4.78, 5) is 12.5. The van der Waals surface area contributed by atoms with Crippen molar-refractivity contribution in [3.05, 3.63) is 41.6 Å². The van der Waals surface area contributed by atoms with Crippen molar-refractivity contribution in [3.63, 3.8) is 0 Å². The number of hydrogen-bond donors (Lipinski definition) is 1. The molecule has 3 aromatic heterocycles. The molecule has 132 valence electrons. The first kappa shape index (κ1) is 16.0. The molecule has 0 spiro atoms. The number of anilines is 1. The lowest BCUT2D eigenvalue weighted by molar-refractivity contribution is 0.299. The van der Waals surface area contributed by atoms with Crippen LogP contribution in [-0.4, -0.2) is 29.9 Å². The van der Waals surface area contributed by atoms with E-state index in [0.29, 0.717) is 40.0 Å². The average molecular weight is 351 g/mol. The summed E-state index contributed by atoms with van der Waals surface area (Å²) >= 11 is 0. The Hall–Kier alpha value is -3.49. The summed E-state index contributed by atoms with van der Waals surface area (Å²) in [5.74, 6) is 2.12. The van der Waals surface area contributed by atoms with Crippen LogP contribution in [0.5, 0.6) is 5.75 Å². The molecule has 0 unspecified atom stereocenters. The summed E-state index contributed by atoms with van der Waals surface area (Å²) in [5, 5.41) is 8.97. The molecule has 2 N–H and O–H groups in total. The highest BCUT2D eigenvalue weighted by Crippen LogP contribution is 2.28. The van der Waals surface area contributed by atoms with Crippen LogP contribution in [0.3, 0.4) is 0 Å². The topological polar surface area (TPSA) is 118 Å². The molecule has 0 fully saturated rings. The van der Waals surface area contributed by atoms with Crippen molar-refractivity contribution in [2.24, 2.45) is 7.05 Å². The maximum Gasteiger partial charge on any atom is 0.258 e. The lowest BCUT2D eigenvalue weighted by atomic mass is 10.1. The van der Waals surface area contributed by atoms with E-state index >= 15 is 0 Å². The third-order valence-corrected chi connectivity index (χ3v) is 4.05. The van der Waals surface area contributed by atoms with Crippen molar-refractivity contribution in [2.45, 2.75) is 20.5 Å². The Morgan fingerprint density at radius 3 is 2.85 bits per heavy atom. The molecular weight excluding hydrogens is 334 g/mol. The zero-order valence-electron chi connectivity index (χ0n) is 14.6. The monoisotopic (exact) mass is 351 g/mol. The van der Waals surface area contributed by atoms with Gasteiger partial charge in [0.15, 0.2) is 11.5 Å². The lowest BCUT2D eigenvalue weighted by Gasteiger charge is -2.09. The zero-order valence-corrected chi connectivity index (χ0v) is 14.6. The minimum atomic E-state index is 0.238. The summed E-state index contributed by atoms with van der Waals surface area (Å²) < 4.78 is 12.9. The van der Waals surface area contributed by atoms with Crippen molar-refractivity contribution in [1.82, 2.24) is 29.9 Å². The van der Waals surface area contributed by atoms with E-state index in [1.54, 1.807) is 11.6 Å². The van der Waals surface area contributed by atoms with Gasteiger partial charge in [0.25, 0.3) is 5.89 Å². The van der Waals surface area contributed by atoms with Crippen LogP contribution < -0.4 is 10.5 Å². The summed E-state index contributed by atoms with van der Waals surface area (Å²) in [5.41, 5.74) is 9.11. The molecule has 0 bridgehead atoms. The Morgan fingerprint density at radius 2 is 2.08 bits per heavy atom. The standard InChI is InChI=1S/C17H17N7O2/c1-9-4-5-11(17-21-10(2)23-26-17)6-13(9)25-7-12-14-15(18)19-8-20-16(14)24(3)22-12/h4-6,8H,7H2,1-3H3,(H2,18,19,20). The number of fused-ring (bicyclic) bond motifs is 1. The summed E-state index contributed by atoms with van der Waals surface area (Å²) in [6.07, 6.45) is 1.42. The third-order valence-electron chi connectivity index (χ3n) is 4.05. The Labute approximate surface area is 148 Å². The molecule has 0 atom stereocenters. The second-order valence-corrected chi connectivity index (χ2v) is 5.94. The fraction of sp³-hybridized carbons (Fsp3) is 0.235. The van der Waals surface area contributed by atoms with Gasteiger partial charge in [0.1, 0.15) is 30.2 Å². The van der Waals surface area contributed by atoms with Gasteiger partial charge in [0, 0.05) is 12.6 Å². The van der Waals surface area contributed by atoms with E-state index in [1.165, 1.54) is 6.33 Å². The molecule has 4 rings (SSSR count). The van der Waals surface area contributed by atoms with Crippen LogP contribution in [0.25, 0.3) is 22.5 Å². The molecule has 9 nitrogen and oxygen atoms in total. The van der Waals surface area contributed by atoms with Gasteiger partial charge in [0.05, 0.1) is 5.39 Å². The molecule has 0 amide bonds. The Morgan fingerprint density at radius 1 is 1.23 bits per heavy atom. The molecule has 3 heterocycles. The van der Waals surface area contributed by atoms with E-state index in [1.807, 2.05) is 32.2 Å². The summed E-state index contributed by atoms with van der Waals surface area (Å²) in [7, 11) is 1.81. The fourth-order valence-corrected chi connectivity index (χ4v) is 2.74. The smallest absolute Gasteiger partial charge is 0.258 e. The molecule has 1 aromatic carbocycles. The fourth-order valence-electron chi connectivity index (χ4n) is 2.74. The highest BCUT2D eigenvalue weighted by atomic mass is 16.5. The van der Waals surface area contributed by atoms with Gasteiger partial charge in [-0.3, -0.25) is 0 Å². The number of aryl methyl sites for hydroxylation is 3. The van der Waals surface area contributed by atoms with Crippen LogP contribution in [0, 0.1) is 13.8 Å². The second-order valence-electron chi connectivity index (χ2n) is 5.94. The van der Waals surface area contributed by atoms with E-state index in [4.69, 9.17) is 15.0 Å². The highest BCUT2D eigenvalue weighted by Gasteiger charge is 2.15. The van der Waals surface area contributed by atoms with Crippen LogP contribution in [0.2, 0.25) is 0 Å². The number of benzene rings is 1. The van der Waals surface area contributed by atoms with Crippen molar-refractivity contribution in [2.75, 3.05) is 5.73 Å². The predicted molar refractivity (Wildman–Crippen MR) is 94.3 cm³/mol. The number of nitrogen functional groups attached to an aromatic ring is 1. The molecule has 4 aromatic rings. The number of aromatic nitrogens is 6. The normalized spacial score (nSPS) is 11.2. The van der Waals surface area contributed by atoms with Crippen LogP contribution >= 0.6 is 0 Å². The van der Waals surface area contributed by atoms with Gasteiger partial charge in [0.2, 0.25) is 0 Å². The molecule has 0 radical (unpaired) electrons. The van der Waals surface area contributed by atoms with Crippen LogP contribution in [-0.2, 0) is 13.7 Å². The van der Waals surface area contributed by atoms with Gasteiger partial charge < -0.3 is 15.0 Å². The molecule has 0 aliphatic rings. The molecular formula is C17H17N7O2. The zero-order chi connectivity index (χ0) is 18.3. The first-order valence-electron chi connectivity index (χ1n) is 7.99. The maximum absolute atomic E-state index is 5.99. The van der Waals surface area contributed by atoms with Gasteiger partial charge in [-0.25, -0.2) is 14.6 Å². The van der Waals surface area contributed by atoms with E-state index < -0.39 is 0 Å². The first-order valence-corrected chi connectivity index (χ1v) is 7.99. The van der Waals surface area contributed by atoms with Crippen molar-refractivity contribution in [3.8, 4) is 17.2 Å². The van der Waals surface area contributed by atoms with Crippen LogP contribution in [0.1, 0.15) is 17.1 Å². The van der Waals surface area contributed by atoms with Gasteiger partial charge >= 0.3 is 0 Å². The highest BCUT2D eigenvalue weighted by molar-refractivity contribution is 5.87. The molecule has 9 heteroatoms. The predicted octanol–water partition coefficient (Wildman–Crippen LogP) is 2.19. The number of rotatable bonds is 4. The SMILES string of the molecule is Cc1noc(-c2ccc(C)c(OCc3nn(C)c4ncnc(N)c34)c2)n1. The Bertz CT molecular complexity index is 1100. The van der Waals surface area contributed by atoms with E-state index in [0.717, 1.165) is 11.1 Å².